The molecule has 0 radical (unpaired) electrons. The van der Waals surface area contributed by atoms with Crippen molar-refractivity contribution in [3.8, 4) is 11.7 Å². The van der Waals surface area contributed by atoms with Crippen LogP contribution in [0.5, 0.6) is 11.7 Å². The van der Waals surface area contributed by atoms with Gasteiger partial charge in [-0.15, -0.1) is 0 Å². The number of furan rings is 1. The molecule has 0 spiro atoms. The number of aromatic amines is 1. The Labute approximate surface area is 151 Å². The van der Waals surface area contributed by atoms with E-state index in [1.807, 2.05) is 37.3 Å². The number of hydrogen-bond donors (Lipinski definition) is 1. The lowest BCUT2D eigenvalue weighted by Crippen LogP contribution is -2.39. The highest BCUT2D eigenvalue weighted by molar-refractivity contribution is 5.91. The van der Waals surface area contributed by atoms with Crippen molar-refractivity contribution in [2.45, 2.75) is 25.7 Å². The number of benzene rings is 1. The van der Waals surface area contributed by atoms with Gasteiger partial charge in [-0.25, -0.2) is 4.98 Å². The molecule has 1 saturated heterocycles. The number of carbonyl (C=O) groups excluding carboxylic acids is 1. The van der Waals surface area contributed by atoms with Crippen LogP contribution in [0.15, 0.2) is 46.9 Å². The summed E-state index contributed by atoms with van der Waals surface area (Å²) in [5, 5.41) is 7.11. The molecule has 7 nitrogen and oxygen atoms in total. The van der Waals surface area contributed by atoms with Crippen LogP contribution in [0.1, 0.15) is 41.0 Å². The van der Waals surface area contributed by atoms with Gasteiger partial charge < -0.3 is 14.1 Å². The van der Waals surface area contributed by atoms with Gasteiger partial charge in [-0.05, 0) is 38.0 Å². The molecule has 134 valence electrons. The fourth-order valence-corrected chi connectivity index (χ4v) is 3.17. The highest BCUT2D eigenvalue weighted by Gasteiger charge is 2.29. The molecule has 3 aromatic rings. The first-order chi connectivity index (χ1) is 12.7. The molecule has 26 heavy (non-hydrogen) atoms. The molecule has 3 heterocycles. The summed E-state index contributed by atoms with van der Waals surface area (Å²) in [4.78, 5) is 19.0. The van der Waals surface area contributed by atoms with E-state index in [9.17, 15) is 4.79 Å². The molecule has 1 N–H and O–H groups in total. The molecular weight excluding hydrogens is 332 g/mol. The molecule has 1 aliphatic heterocycles. The van der Waals surface area contributed by atoms with Crippen LogP contribution in [0.3, 0.4) is 0 Å². The second-order valence-electron chi connectivity index (χ2n) is 6.40. The molecule has 7 heteroatoms. The normalized spacial score (nSPS) is 17.3. The highest BCUT2D eigenvalue weighted by atomic mass is 16.6. The van der Waals surface area contributed by atoms with Crippen molar-refractivity contribution in [2.24, 2.45) is 0 Å². The maximum absolute atomic E-state index is 12.8. The summed E-state index contributed by atoms with van der Waals surface area (Å²) >= 11 is 0. The van der Waals surface area contributed by atoms with Crippen molar-refractivity contribution in [3.63, 3.8) is 0 Å². The third kappa shape index (κ3) is 3.46. The quantitative estimate of drug-likeness (QED) is 0.777. The van der Waals surface area contributed by atoms with Crippen LogP contribution in [0.2, 0.25) is 0 Å². The predicted molar refractivity (Wildman–Crippen MR) is 94.2 cm³/mol. The molecule has 0 bridgehead atoms. The lowest BCUT2D eigenvalue weighted by atomic mass is 9.97. The van der Waals surface area contributed by atoms with Gasteiger partial charge in [-0.3, -0.25) is 9.89 Å². The number of hydrogen-bond acceptors (Lipinski definition) is 5. The van der Waals surface area contributed by atoms with E-state index in [1.165, 1.54) is 0 Å². The molecule has 0 aliphatic carbocycles. The van der Waals surface area contributed by atoms with Crippen molar-refractivity contribution in [1.29, 1.82) is 0 Å². The average Bonchev–Trinajstić information content (AvgIpc) is 3.31. The van der Waals surface area contributed by atoms with Gasteiger partial charge in [-0.2, -0.15) is 5.10 Å². The minimum absolute atomic E-state index is 0.134. The maximum Gasteiger partial charge on any atom is 0.290 e. The summed E-state index contributed by atoms with van der Waals surface area (Å²) in [6.07, 6.45) is 1.89. The van der Waals surface area contributed by atoms with Gasteiger partial charge in [0.2, 0.25) is 0 Å². The van der Waals surface area contributed by atoms with Gasteiger partial charge in [-0.1, -0.05) is 18.2 Å². The second kappa shape index (κ2) is 7.03. The van der Waals surface area contributed by atoms with E-state index in [4.69, 9.17) is 9.15 Å². The Kier molecular flexibility index (Phi) is 4.43. The molecular formula is C19H20N4O3. The lowest BCUT2D eigenvalue weighted by molar-refractivity contribution is 0.0667. The molecule has 4 rings (SSSR count). The summed E-state index contributed by atoms with van der Waals surface area (Å²) in [5.74, 6) is 2.82. The zero-order chi connectivity index (χ0) is 17.9. The largest absolute Gasteiger partial charge is 0.426 e. The number of aryl methyl sites for hydroxylation is 1. The Morgan fingerprint density at radius 3 is 2.88 bits per heavy atom. The topological polar surface area (TPSA) is 84.2 Å². The molecule has 0 unspecified atom stereocenters. The van der Waals surface area contributed by atoms with Crippen LogP contribution in [0, 0.1) is 6.92 Å². The Morgan fingerprint density at radius 1 is 1.27 bits per heavy atom. The Balaban J connectivity index is 1.44. The number of nitrogens with zero attached hydrogens (tertiary/aromatic N) is 3. The average molecular weight is 352 g/mol. The lowest BCUT2D eigenvalue weighted by Gasteiger charge is -2.30. The molecule has 1 aromatic carbocycles. The summed E-state index contributed by atoms with van der Waals surface area (Å²) in [6, 6.07) is 12.6. The van der Waals surface area contributed by atoms with E-state index in [1.54, 1.807) is 17.0 Å². The van der Waals surface area contributed by atoms with Crippen molar-refractivity contribution in [3.05, 3.63) is 59.9 Å². The predicted octanol–water partition coefficient (Wildman–Crippen LogP) is 3.52. The van der Waals surface area contributed by atoms with Crippen LogP contribution in [0.25, 0.3) is 0 Å². The molecule has 0 saturated carbocycles. The fourth-order valence-electron chi connectivity index (χ4n) is 3.17. The van der Waals surface area contributed by atoms with E-state index in [0.29, 0.717) is 24.8 Å². The van der Waals surface area contributed by atoms with Crippen molar-refractivity contribution >= 4 is 5.91 Å². The van der Waals surface area contributed by atoms with Gasteiger partial charge in [0, 0.05) is 25.1 Å². The van der Waals surface area contributed by atoms with Gasteiger partial charge in [0.1, 0.15) is 11.6 Å². The molecule has 2 aromatic heterocycles. The molecule has 1 atom stereocenters. The minimum Gasteiger partial charge on any atom is -0.426 e. The van der Waals surface area contributed by atoms with Crippen molar-refractivity contribution < 1.29 is 13.9 Å². The van der Waals surface area contributed by atoms with Crippen LogP contribution >= 0.6 is 0 Å². The van der Waals surface area contributed by atoms with E-state index < -0.39 is 0 Å². The van der Waals surface area contributed by atoms with Gasteiger partial charge >= 0.3 is 0 Å². The Hall–Kier alpha value is -3.09. The summed E-state index contributed by atoms with van der Waals surface area (Å²) in [5.41, 5.74) is 0. The smallest absolute Gasteiger partial charge is 0.290 e. The third-order valence-electron chi connectivity index (χ3n) is 4.44. The standard InChI is InChI=1S/C19H20N4O3/c1-13-20-18(22-21-13)14-6-5-11-23(12-14)19(24)16-9-10-17(26-16)25-15-7-3-2-4-8-15/h2-4,7-10,14H,5-6,11-12H2,1H3,(H,20,21,22)/t14-/m0/s1. The summed E-state index contributed by atoms with van der Waals surface area (Å²) < 4.78 is 11.2. The van der Waals surface area contributed by atoms with Gasteiger partial charge in [0.05, 0.1) is 0 Å². The number of rotatable bonds is 4. The van der Waals surface area contributed by atoms with E-state index in [-0.39, 0.29) is 17.6 Å². The summed E-state index contributed by atoms with van der Waals surface area (Å²) in [6.45, 7) is 3.17. The van der Waals surface area contributed by atoms with Gasteiger partial charge in [0.25, 0.3) is 11.9 Å². The molecule has 1 fully saturated rings. The number of piperidine rings is 1. The fraction of sp³-hybridized carbons (Fsp3) is 0.316. The number of ether oxygens (including phenoxy) is 1. The number of nitrogens with one attached hydrogen (secondary N) is 1. The zero-order valence-corrected chi connectivity index (χ0v) is 14.5. The van der Waals surface area contributed by atoms with Crippen LogP contribution < -0.4 is 4.74 Å². The van der Waals surface area contributed by atoms with Crippen molar-refractivity contribution in [1.82, 2.24) is 20.1 Å². The first-order valence-corrected chi connectivity index (χ1v) is 8.70. The van der Waals surface area contributed by atoms with Crippen LogP contribution in [-0.2, 0) is 0 Å². The number of H-pyrrole nitrogens is 1. The summed E-state index contributed by atoms with van der Waals surface area (Å²) in [7, 11) is 0. The SMILES string of the molecule is Cc1nc([C@H]2CCCN(C(=O)c3ccc(Oc4ccccc4)o3)C2)n[nH]1. The van der Waals surface area contributed by atoms with Crippen molar-refractivity contribution in [2.75, 3.05) is 13.1 Å². The zero-order valence-electron chi connectivity index (χ0n) is 14.5. The third-order valence-corrected chi connectivity index (χ3v) is 4.44. The number of carbonyl (C=O) groups is 1. The Bertz CT molecular complexity index is 887. The molecule has 1 aliphatic rings. The maximum atomic E-state index is 12.8. The monoisotopic (exact) mass is 352 g/mol. The first-order valence-electron chi connectivity index (χ1n) is 8.70. The number of amides is 1. The first kappa shape index (κ1) is 16.4. The molecule has 1 amide bonds. The highest BCUT2D eigenvalue weighted by Crippen LogP contribution is 2.28. The van der Waals surface area contributed by atoms with E-state index in [2.05, 4.69) is 15.2 Å². The van der Waals surface area contributed by atoms with Crippen LogP contribution in [-0.4, -0.2) is 39.1 Å². The van der Waals surface area contributed by atoms with E-state index in [0.717, 1.165) is 24.5 Å². The van der Waals surface area contributed by atoms with Crippen LogP contribution in [0.4, 0.5) is 0 Å². The number of para-hydroxylation sites is 1. The minimum atomic E-state index is -0.134. The van der Waals surface area contributed by atoms with Gasteiger partial charge in [0.15, 0.2) is 11.6 Å². The number of likely N-dealkylation sites (tertiary alicyclic amines) is 1. The Morgan fingerprint density at radius 2 is 2.12 bits per heavy atom. The number of aromatic nitrogens is 3. The van der Waals surface area contributed by atoms with E-state index >= 15 is 0 Å². The second-order valence-corrected chi connectivity index (χ2v) is 6.40.